The van der Waals surface area contributed by atoms with E-state index in [1.165, 1.54) is 0 Å². The predicted molar refractivity (Wildman–Crippen MR) is 124 cm³/mol. The zero-order valence-electron chi connectivity index (χ0n) is 18.0. The molecule has 4 rings (SSSR count). The molecule has 2 aromatic carbocycles. The van der Waals surface area contributed by atoms with Crippen LogP contribution in [-0.2, 0) is 0 Å². The third-order valence-corrected chi connectivity index (χ3v) is 5.20. The number of rotatable bonds is 8. The second kappa shape index (κ2) is 9.18. The van der Waals surface area contributed by atoms with Gasteiger partial charge in [-0.25, -0.2) is 4.98 Å². The van der Waals surface area contributed by atoms with Gasteiger partial charge in [0.25, 0.3) is 0 Å². The molecule has 3 N–H and O–H groups in total. The highest BCUT2D eigenvalue weighted by Gasteiger charge is 2.17. The molecule has 2 heterocycles. The summed E-state index contributed by atoms with van der Waals surface area (Å²) in [5.41, 5.74) is 7.34. The van der Waals surface area contributed by atoms with Crippen LogP contribution in [0.5, 0.6) is 11.5 Å². The van der Waals surface area contributed by atoms with E-state index in [4.69, 9.17) is 9.72 Å². The first-order valence-electron chi connectivity index (χ1n) is 10.4. The first-order chi connectivity index (χ1) is 15.0. The van der Waals surface area contributed by atoms with Crippen molar-refractivity contribution in [3.63, 3.8) is 0 Å². The fourth-order valence-corrected chi connectivity index (χ4v) is 3.60. The van der Waals surface area contributed by atoms with Crippen molar-refractivity contribution >= 4 is 28.6 Å². The molecule has 31 heavy (non-hydrogen) atoms. The molecule has 1 aliphatic heterocycles. The lowest BCUT2D eigenvalue weighted by molar-refractivity contribution is 0.408. The number of benzene rings is 2. The van der Waals surface area contributed by atoms with E-state index in [2.05, 4.69) is 39.6 Å². The van der Waals surface area contributed by atoms with Crippen LogP contribution < -0.4 is 20.4 Å². The number of ether oxygens (including phenoxy) is 1. The van der Waals surface area contributed by atoms with E-state index in [-0.39, 0.29) is 11.7 Å². The van der Waals surface area contributed by atoms with Gasteiger partial charge in [-0.3, -0.25) is 4.98 Å². The molecule has 0 saturated heterocycles. The highest BCUT2D eigenvalue weighted by atomic mass is 16.5. The van der Waals surface area contributed by atoms with Crippen molar-refractivity contribution in [1.82, 2.24) is 20.7 Å². The van der Waals surface area contributed by atoms with Gasteiger partial charge in [-0.15, -0.1) is 0 Å². The van der Waals surface area contributed by atoms with Crippen molar-refractivity contribution < 1.29 is 9.84 Å². The number of hydrogen-bond donors (Lipinski definition) is 3. The van der Waals surface area contributed by atoms with Gasteiger partial charge in [0.15, 0.2) is 0 Å². The molecule has 0 spiro atoms. The summed E-state index contributed by atoms with van der Waals surface area (Å²) in [6.07, 6.45) is 3.68. The smallest absolute Gasteiger partial charge is 0.124 e. The van der Waals surface area contributed by atoms with E-state index in [0.29, 0.717) is 18.3 Å². The van der Waals surface area contributed by atoms with Crippen LogP contribution in [0.25, 0.3) is 11.0 Å². The number of aromatic hydroxyl groups is 1. The Labute approximate surface area is 182 Å². The standard InChI is InChI=1S/C23H28N6O2/c1-15(2)24-6-7-29(18-8-19(30)11-20(9-18)31-3)17-4-5-21-22(10-17)28-23(14-25-21)16-12-26-27-13-16/h4-5,8-12,14-16,24,27,30H,6-7,13H2,1-3H3. The first kappa shape index (κ1) is 20.9. The summed E-state index contributed by atoms with van der Waals surface area (Å²) in [4.78, 5) is 11.6. The van der Waals surface area contributed by atoms with Crippen molar-refractivity contribution in [1.29, 1.82) is 0 Å². The Morgan fingerprint density at radius 3 is 2.81 bits per heavy atom. The molecule has 1 aliphatic rings. The summed E-state index contributed by atoms with van der Waals surface area (Å²) >= 11 is 0. The maximum atomic E-state index is 10.2. The van der Waals surface area contributed by atoms with Gasteiger partial charge < -0.3 is 25.5 Å². The monoisotopic (exact) mass is 420 g/mol. The topological polar surface area (TPSA) is 94.9 Å². The molecule has 3 aromatic rings. The van der Waals surface area contributed by atoms with Crippen molar-refractivity contribution in [2.45, 2.75) is 25.8 Å². The molecule has 162 valence electrons. The van der Waals surface area contributed by atoms with Gasteiger partial charge in [0.2, 0.25) is 0 Å². The Hall–Kier alpha value is -3.39. The van der Waals surface area contributed by atoms with Gasteiger partial charge in [0.1, 0.15) is 11.5 Å². The van der Waals surface area contributed by atoms with Gasteiger partial charge in [-0.2, -0.15) is 5.10 Å². The number of nitrogens with zero attached hydrogens (tertiary/aromatic N) is 4. The summed E-state index contributed by atoms with van der Waals surface area (Å²) in [5, 5.41) is 17.7. The second-order valence-corrected chi connectivity index (χ2v) is 7.86. The minimum Gasteiger partial charge on any atom is -0.508 e. The summed E-state index contributed by atoms with van der Waals surface area (Å²) in [5.74, 6) is 0.891. The largest absolute Gasteiger partial charge is 0.508 e. The van der Waals surface area contributed by atoms with Crippen LogP contribution in [0.3, 0.4) is 0 Å². The van der Waals surface area contributed by atoms with Crippen molar-refractivity contribution in [3.8, 4) is 11.5 Å². The van der Waals surface area contributed by atoms with Crippen LogP contribution in [0.2, 0.25) is 0 Å². The van der Waals surface area contributed by atoms with Crippen LogP contribution >= 0.6 is 0 Å². The molecule has 0 saturated carbocycles. The third-order valence-electron chi connectivity index (χ3n) is 5.20. The highest BCUT2D eigenvalue weighted by molar-refractivity contribution is 5.82. The Balaban J connectivity index is 1.72. The molecule has 1 atom stereocenters. The van der Waals surface area contributed by atoms with E-state index in [1.807, 2.05) is 36.7 Å². The number of phenolic OH excluding ortho intramolecular Hbond substituents is 1. The summed E-state index contributed by atoms with van der Waals surface area (Å²) < 4.78 is 5.36. The average molecular weight is 421 g/mol. The molecular weight excluding hydrogens is 392 g/mol. The third kappa shape index (κ3) is 4.86. The van der Waals surface area contributed by atoms with Gasteiger partial charge in [0.05, 0.1) is 29.8 Å². The van der Waals surface area contributed by atoms with Gasteiger partial charge in [-0.05, 0) is 18.2 Å². The number of hydrogen-bond acceptors (Lipinski definition) is 8. The predicted octanol–water partition coefficient (Wildman–Crippen LogP) is 3.15. The molecule has 0 radical (unpaired) electrons. The Morgan fingerprint density at radius 1 is 1.19 bits per heavy atom. The van der Waals surface area contributed by atoms with Crippen LogP contribution in [0, 0.1) is 0 Å². The normalized spacial score (nSPS) is 15.4. The number of methoxy groups -OCH3 is 1. The minimum atomic E-state index is 0.127. The molecular formula is C23H28N6O2. The number of aromatic nitrogens is 2. The van der Waals surface area contributed by atoms with E-state index in [9.17, 15) is 5.11 Å². The maximum absolute atomic E-state index is 10.2. The lowest BCUT2D eigenvalue weighted by Gasteiger charge is -2.26. The van der Waals surface area contributed by atoms with E-state index in [0.717, 1.165) is 41.2 Å². The molecule has 0 fully saturated rings. The maximum Gasteiger partial charge on any atom is 0.124 e. The zero-order chi connectivity index (χ0) is 21.8. The Bertz CT molecular complexity index is 1080. The summed E-state index contributed by atoms with van der Waals surface area (Å²) in [7, 11) is 1.59. The molecule has 1 aromatic heterocycles. The lowest BCUT2D eigenvalue weighted by atomic mass is 10.1. The van der Waals surface area contributed by atoms with Gasteiger partial charge in [-0.1, -0.05) is 13.8 Å². The Kier molecular flexibility index (Phi) is 6.18. The van der Waals surface area contributed by atoms with E-state index >= 15 is 0 Å². The number of phenols is 1. The van der Waals surface area contributed by atoms with Gasteiger partial charge in [0, 0.05) is 67.7 Å². The van der Waals surface area contributed by atoms with E-state index in [1.54, 1.807) is 19.2 Å². The molecule has 0 aliphatic carbocycles. The lowest BCUT2D eigenvalue weighted by Crippen LogP contribution is -2.32. The SMILES string of the molecule is COc1cc(O)cc(N(CCNC(C)C)c2ccc3ncc(C4C=NNC4)nc3c2)c1. The number of anilines is 2. The van der Waals surface area contributed by atoms with Crippen molar-refractivity contribution in [2.75, 3.05) is 31.6 Å². The number of hydrazone groups is 1. The van der Waals surface area contributed by atoms with Crippen molar-refractivity contribution in [3.05, 3.63) is 48.3 Å². The van der Waals surface area contributed by atoms with Crippen molar-refractivity contribution in [2.24, 2.45) is 5.10 Å². The molecule has 1 unspecified atom stereocenters. The van der Waals surface area contributed by atoms with Gasteiger partial charge >= 0.3 is 0 Å². The average Bonchev–Trinajstić information content (AvgIpc) is 3.30. The summed E-state index contributed by atoms with van der Waals surface area (Å²) in [6.45, 7) is 6.47. The number of nitrogens with one attached hydrogen (secondary N) is 2. The molecule has 8 heteroatoms. The van der Waals surface area contributed by atoms with E-state index < -0.39 is 0 Å². The zero-order valence-corrected chi connectivity index (χ0v) is 18.0. The molecule has 0 amide bonds. The molecule has 8 nitrogen and oxygen atoms in total. The van der Waals surface area contributed by atoms with Crippen LogP contribution in [0.1, 0.15) is 25.5 Å². The van der Waals surface area contributed by atoms with Crippen LogP contribution in [-0.4, -0.2) is 54.1 Å². The first-order valence-corrected chi connectivity index (χ1v) is 10.4. The second-order valence-electron chi connectivity index (χ2n) is 7.86. The summed E-state index contributed by atoms with van der Waals surface area (Å²) in [6, 6.07) is 11.7. The Morgan fingerprint density at radius 2 is 2.06 bits per heavy atom. The fourth-order valence-electron chi connectivity index (χ4n) is 3.60. The fraction of sp³-hybridized carbons (Fsp3) is 0.348. The quantitative estimate of drug-likeness (QED) is 0.515. The molecule has 0 bridgehead atoms. The van der Waals surface area contributed by atoms with Crippen LogP contribution in [0.15, 0.2) is 47.7 Å². The van der Waals surface area contributed by atoms with Crippen LogP contribution in [0.4, 0.5) is 11.4 Å². The highest BCUT2D eigenvalue weighted by Crippen LogP contribution is 2.33. The number of fused-ring (bicyclic) bond motifs is 1. The minimum absolute atomic E-state index is 0.127.